The molecule has 1 saturated carbocycles. The Morgan fingerprint density at radius 2 is 2.25 bits per heavy atom. The van der Waals surface area contributed by atoms with E-state index in [9.17, 15) is 5.26 Å². The third kappa shape index (κ3) is 3.99. The molecule has 0 amide bonds. The second-order valence-electron chi connectivity index (χ2n) is 5.91. The number of halogens is 1. The van der Waals surface area contributed by atoms with Crippen LogP contribution in [0.4, 0.5) is 5.69 Å². The van der Waals surface area contributed by atoms with Crippen molar-refractivity contribution in [1.29, 1.82) is 5.26 Å². The van der Waals surface area contributed by atoms with Gasteiger partial charge in [-0.05, 0) is 49.8 Å². The van der Waals surface area contributed by atoms with E-state index in [0.29, 0.717) is 0 Å². The quantitative estimate of drug-likeness (QED) is 0.737. The predicted molar refractivity (Wildman–Crippen MR) is 87.6 cm³/mol. The molecule has 1 N–H and O–H groups in total. The maximum atomic E-state index is 9.69. The van der Waals surface area contributed by atoms with E-state index in [4.69, 9.17) is 0 Å². The summed E-state index contributed by atoms with van der Waals surface area (Å²) in [5.74, 6) is 0.805. The Labute approximate surface area is 130 Å². The van der Waals surface area contributed by atoms with Crippen molar-refractivity contribution in [2.75, 3.05) is 5.32 Å². The van der Waals surface area contributed by atoms with Crippen molar-refractivity contribution in [2.45, 2.75) is 57.4 Å². The van der Waals surface area contributed by atoms with E-state index in [0.717, 1.165) is 35.3 Å². The number of rotatable bonds is 4. The van der Waals surface area contributed by atoms with Gasteiger partial charge in [0, 0.05) is 10.2 Å². The van der Waals surface area contributed by atoms with Crippen molar-refractivity contribution in [3.8, 4) is 6.07 Å². The Hall–Kier alpha value is -1.01. The maximum absolute atomic E-state index is 9.69. The van der Waals surface area contributed by atoms with Crippen LogP contribution in [0, 0.1) is 17.2 Å². The first-order valence-corrected chi connectivity index (χ1v) is 8.42. The minimum atomic E-state index is -0.386. The van der Waals surface area contributed by atoms with Crippen LogP contribution in [0.15, 0.2) is 28.7 Å². The van der Waals surface area contributed by atoms with E-state index in [1.807, 2.05) is 24.3 Å². The molecule has 0 spiro atoms. The zero-order valence-corrected chi connectivity index (χ0v) is 13.7. The molecule has 2 rings (SSSR count). The molecule has 3 heteroatoms. The van der Waals surface area contributed by atoms with Gasteiger partial charge in [0.2, 0.25) is 0 Å². The minimum absolute atomic E-state index is 0.386. The molecule has 2 atom stereocenters. The van der Waals surface area contributed by atoms with Crippen LogP contribution in [0.25, 0.3) is 0 Å². The number of nitrogens with one attached hydrogen (secondary N) is 1. The van der Waals surface area contributed by atoms with Crippen LogP contribution in [-0.2, 0) is 0 Å². The molecule has 108 valence electrons. The number of nitrogens with zero attached hydrogens (tertiary/aromatic N) is 1. The molecule has 20 heavy (non-hydrogen) atoms. The van der Waals surface area contributed by atoms with Gasteiger partial charge in [-0.15, -0.1) is 0 Å². The first-order chi connectivity index (χ1) is 9.67. The van der Waals surface area contributed by atoms with Crippen LogP contribution in [0.5, 0.6) is 0 Å². The second kappa shape index (κ2) is 7.13. The van der Waals surface area contributed by atoms with Crippen LogP contribution in [0.2, 0.25) is 0 Å². The number of anilines is 1. The van der Waals surface area contributed by atoms with E-state index < -0.39 is 0 Å². The highest BCUT2D eigenvalue weighted by Gasteiger charge is 2.33. The Morgan fingerprint density at radius 3 is 2.95 bits per heavy atom. The number of hydrogen-bond acceptors (Lipinski definition) is 2. The lowest BCUT2D eigenvalue weighted by atomic mass is 9.90. The minimum Gasteiger partial charge on any atom is -0.367 e. The lowest BCUT2D eigenvalue weighted by molar-refractivity contribution is 0.416. The molecule has 1 aliphatic carbocycles. The fraction of sp³-hybridized carbons (Fsp3) is 0.588. The van der Waals surface area contributed by atoms with Crippen LogP contribution >= 0.6 is 15.9 Å². The van der Waals surface area contributed by atoms with Crippen molar-refractivity contribution in [1.82, 2.24) is 0 Å². The Bertz CT molecular complexity index is 480. The van der Waals surface area contributed by atoms with E-state index >= 15 is 0 Å². The maximum Gasteiger partial charge on any atom is 0.125 e. The van der Waals surface area contributed by atoms with E-state index in [2.05, 4.69) is 34.2 Å². The Balaban J connectivity index is 2.08. The third-order valence-corrected chi connectivity index (χ3v) is 4.81. The molecule has 0 saturated heterocycles. The highest BCUT2D eigenvalue weighted by Crippen LogP contribution is 2.35. The van der Waals surface area contributed by atoms with Gasteiger partial charge in [-0.25, -0.2) is 0 Å². The number of nitriles is 1. The molecule has 2 nitrogen and oxygen atoms in total. The Kier molecular flexibility index (Phi) is 5.48. The van der Waals surface area contributed by atoms with Crippen molar-refractivity contribution >= 4 is 21.6 Å². The summed E-state index contributed by atoms with van der Waals surface area (Å²) in [4.78, 5) is 0. The smallest absolute Gasteiger partial charge is 0.125 e. The first-order valence-electron chi connectivity index (χ1n) is 7.62. The number of hydrogen-bond donors (Lipinski definition) is 1. The summed E-state index contributed by atoms with van der Waals surface area (Å²) >= 11 is 3.49. The van der Waals surface area contributed by atoms with Gasteiger partial charge >= 0.3 is 0 Å². The largest absolute Gasteiger partial charge is 0.367 e. The van der Waals surface area contributed by atoms with Crippen molar-refractivity contribution in [2.24, 2.45) is 5.92 Å². The molecular weight excluding hydrogens is 312 g/mol. The lowest BCUT2D eigenvalue weighted by Crippen LogP contribution is -2.36. The lowest BCUT2D eigenvalue weighted by Gasteiger charge is -2.28. The molecule has 0 aromatic heterocycles. The fourth-order valence-electron chi connectivity index (χ4n) is 3.22. The van der Waals surface area contributed by atoms with E-state index in [1.165, 1.54) is 25.7 Å². The van der Waals surface area contributed by atoms with Gasteiger partial charge in [-0.1, -0.05) is 48.2 Å². The summed E-state index contributed by atoms with van der Waals surface area (Å²) in [5.41, 5.74) is 0.651. The second-order valence-corrected chi connectivity index (χ2v) is 6.83. The molecular formula is C17H23BrN2. The summed E-state index contributed by atoms with van der Waals surface area (Å²) in [6, 6.07) is 10.7. The molecule has 1 fully saturated rings. The third-order valence-electron chi connectivity index (χ3n) is 4.31. The summed E-state index contributed by atoms with van der Waals surface area (Å²) in [6.45, 7) is 2.25. The van der Waals surface area contributed by atoms with Gasteiger partial charge in [0.25, 0.3) is 0 Å². The molecule has 0 heterocycles. The summed E-state index contributed by atoms with van der Waals surface area (Å²) in [6.07, 6.45) is 8.07. The molecule has 1 aliphatic rings. The van der Waals surface area contributed by atoms with Gasteiger partial charge in [0.05, 0.1) is 6.07 Å². The standard InChI is InChI=1S/C17H23BrN2/c1-2-5-14-6-4-10-17(13-19,11-9-14)20-16-8-3-7-15(18)12-16/h3,7-8,12,14,20H,2,4-6,9-11H2,1H3. The van der Waals surface area contributed by atoms with Gasteiger partial charge in [-0.3, -0.25) is 0 Å². The number of benzene rings is 1. The van der Waals surface area contributed by atoms with Crippen molar-refractivity contribution < 1.29 is 0 Å². The molecule has 0 bridgehead atoms. The predicted octanol–water partition coefficient (Wildman–Crippen LogP) is 5.50. The highest BCUT2D eigenvalue weighted by atomic mass is 79.9. The van der Waals surface area contributed by atoms with Gasteiger partial charge < -0.3 is 5.32 Å². The highest BCUT2D eigenvalue weighted by molar-refractivity contribution is 9.10. The molecule has 0 radical (unpaired) electrons. The summed E-state index contributed by atoms with van der Waals surface area (Å²) in [5, 5.41) is 13.2. The molecule has 1 aromatic carbocycles. The fourth-order valence-corrected chi connectivity index (χ4v) is 3.62. The Morgan fingerprint density at radius 1 is 1.40 bits per heavy atom. The van der Waals surface area contributed by atoms with Crippen LogP contribution in [0.1, 0.15) is 51.9 Å². The zero-order chi connectivity index (χ0) is 14.4. The zero-order valence-electron chi connectivity index (χ0n) is 12.2. The van der Waals surface area contributed by atoms with Gasteiger partial charge in [0.15, 0.2) is 0 Å². The van der Waals surface area contributed by atoms with Crippen LogP contribution < -0.4 is 5.32 Å². The SMILES string of the molecule is CCCC1CCCC(C#N)(Nc2cccc(Br)c2)CC1. The monoisotopic (exact) mass is 334 g/mol. The van der Waals surface area contributed by atoms with E-state index in [-0.39, 0.29) is 5.54 Å². The average Bonchev–Trinajstić information content (AvgIpc) is 2.63. The summed E-state index contributed by atoms with van der Waals surface area (Å²) < 4.78 is 1.05. The molecule has 1 aromatic rings. The average molecular weight is 335 g/mol. The van der Waals surface area contributed by atoms with Crippen LogP contribution in [-0.4, -0.2) is 5.54 Å². The van der Waals surface area contributed by atoms with Crippen molar-refractivity contribution in [3.63, 3.8) is 0 Å². The van der Waals surface area contributed by atoms with E-state index in [1.54, 1.807) is 0 Å². The van der Waals surface area contributed by atoms with Crippen molar-refractivity contribution in [3.05, 3.63) is 28.7 Å². The topological polar surface area (TPSA) is 35.8 Å². The van der Waals surface area contributed by atoms with Gasteiger partial charge in [0.1, 0.15) is 5.54 Å². The first kappa shape index (κ1) is 15.4. The van der Waals surface area contributed by atoms with Crippen LogP contribution in [0.3, 0.4) is 0 Å². The van der Waals surface area contributed by atoms with Gasteiger partial charge in [-0.2, -0.15) is 5.26 Å². The molecule has 0 aliphatic heterocycles. The molecule has 2 unspecified atom stereocenters. The summed E-state index contributed by atoms with van der Waals surface area (Å²) in [7, 11) is 0. The normalized spacial score (nSPS) is 26.6.